The first-order valence-corrected chi connectivity index (χ1v) is 11.1. The van der Waals surface area contributed by atoms with Crippen LogP contribution in [0.3, 0.4) is 0 Å². The summed E-state index contributed by atoms with van der Waals surface area (Å²) in [7, 11) is 1.50. The fourth-order valence-corrected chi connectivity index (χ4v) is 4.58. The van der Waals surface area contributed by atoms with Crippen LogP contribution in [0.4, 0.5) is 5.69 Å². The lowest BCUT2D eigenvalue weighted by Crippen LogP contribution is -2.17. The number of nitrogens with one attached hydrogen (secondary N) is 2. The van der Waals surface area contributed by atoms with Gasteiger partial charge < -0.3 is 10.1 Å². The van der Waals surface area contributed by atoms with Gasteiger partial charge in [0, 0.05) is 47.4 Å². The van der Waals surface area contributed by atoms with Crippen LogP contribution >= 0.6 is 0 Å². The maximum Gasteiger partial charge on any atom is 0.250 e. The summed E-state index contributed by atoms with van der Waals surface area (Å²) >= 11 is 0. The highest BCUT2D eigenvalue weighted by Gasteiger charge is 2.32. The smallest absolute Gasteiger partial charge is 0.250 e. The number of fused-ring (bicyclic) bond motifs is 2. The van der Waals surface area contributed by atoms with Crippen LogP contribution in [0.1, 0.15) is 43.6 Å². The number of amides is 1. The number of ether oxygens (including phenoxy) is 1. The zero-order chi connectivity index (χ0) is 23.2. The Morgan fingerprint density at radius 2 is 2.06 bits per heavy atom. The van der Waals surface area contributed by atoms with E-state index in [9.17, 15) is 4.79 Å². The van der Waals surface area contributed by atoms with Gasteiger partial charge in [-0.15, -0.1) is 0 Å². The molecule has 0 bridgehead atoms. The Labute approximate surface area is 192 Å². The molecule has 1 aromatic carbocycles. The highest BCUT2D eigenvalue weighted by Crippen LogP contribution is 2.40. The Hall–Kier alpha value is -3.52. The van der Waals surface area contributed by atoms with Crippen molar-refractivity contribution in [3.8, 4) is 11.3 Å². The zero-order valence-corrected chi connectivity index (χ0v) is 19.3. The minimum absolute atomic E-state index is 0.0156. The van der Waals surface area contributed by atoms with E-state index < -0.39 is 0 Å². The number of pyridine rings is 1. The third-order valence-corrected chi connectivity index (χ3v) is 6.26. The Bertz CT molecular complexity index is 1320. The predicted octanol–water partition coefficient (Wildman–Crippen LogP) is 4.14. The molecule has 8 heteroatoms. The number of rotatable bonds is 6. The molecule has 1 atom stereocenters. The Morgan fingerprint density at radius 3 is 2.82 bits per heavy atom. The molecule has 0 radical (unpaired) electrons. The molecule has 0 spiro atoms. The third-order valence-electron chi connectivity index (χ3n) is 6.26. The highest BCUT2D eigenvalue weighted by molar-refractivity contribution is 5.91. The highest BCUT2D eigenvalue weighted by atomic mass is 16.5. The van der Waals surface area contributed by atoms with Crippen molar-refractivity contribution in [2.75, 3.05) is 19.0 Å². The third kappa shape index (κ3) is 4.14. The lowest BCUT2D eigenvalue weighted by atomic mass is 9.90. The van der Waals surface area contributed by atoms with Crippen molar-refractivity contribution in [1.82, 2.24) is 25.0 Å². The van der Waals surface area contributed by atoms with Crippen molar-refractivity contribution in [2.24, 2.45) is 5.41 Å². The summed E-state index contributed by atoms with van der Waals surface area (Å²) in [6, 6.07) is 9.90. The average molecular weight is 445 g/mol. The van der Waals surface area contributed by atoms with E-state index in [4.69, 9.17) is 9.84 Å². The number of hydrogen-bond donors (Lipinski definition) is 2. The maximum atomic E-state index is 11.7. The summed E-state index contributed by atoms with van der Waals surface area (Å²) < 4.78 is 6.78. The average Bonchev–Trinajstić information content (AvgIpc) is 3.44. The van der Waals surface area contributed by atoms with Crippen molar-refractivity contribution in [3.05, 3.63) is 59.5 Å². The van der Waals surface area contributed by atoms with Gasteiger partial charge >= 0.3 is 0 Å². The second kappa shape index (κ2) is 8.12. The van der Waals surface area contributed by atoms with Crippen molar-refractivity contribution in [3.63, 3.8) is 0 Å². The summed E-state index contributed by atoms with van der Waals surface area (Å²) in [5, 5.41) is 16.3. The molecule has 1 amide bonds. The molecule has 1 unspecified atom stereocenters. The van der Waals surface area contributed by atoms with E-state index in [0.717, 1.165) is 40.7 Å². The molecule has 1 aliphatic carbocycles. The van der Waals surface area contributed by atoms with E-state index in [0.29, 0.717) is 5.65 Å². The van der Waals surface area contributed by atoms with Gasteiger partial charge in [-0.05, 0) is 48.9 Å². The van der Waals surface area contributed by atoms with E-state index in [1.165, 1.54) is 18.4 Å². The second-order valence-electron chi connectivity index (χ2n) is 9.57. The summed E-state index contributed by atoms with van der Waals surface area (Å²) in [5.41, 5.74) is 7.35. The van der Waals surface area contributed by atoms with Crippen LogP contribution < -0.4 is 5.32 Å². The quantitative estimate of drug-likeness (QED) is 0.466. The monoisotopic (exact) mass is 444 g/mol. The van der Waals surface area contributed by atoms with Crippen LogP contribution in [0.2, 0.25) is 0 Å². The summed E-state index contributed by atoms with van der Waals surface area (Å²) in [5.74, 6) is -0.176. The molecule has 170 valence electrons. The van der Waals surface area contributed by atoms with Gasteiger partial charge in [0.05, 0.1) is 11.7 Å². The fourth-order valence-electron chi connectivity index (χ4n) is 4.58. The molecule has 5 rings (SSSR count). The standard InChI is InChI=1S/C25H28N6O2/c1-15(16-5-7-19(8-6-16)27-22(32)14-33-4)31-13-18-9-17(12-26-24(18)30-31)23-20-10-25(2,3)11-21(20)28-29-23/h5-9,12-13,15H,10-11,14H2,1-4H3,(H,27,32)(H,28,29). The molecule has 4 aromatic rings. The maximum absolute atomic E-state index is 11.7. The lowest BCUT2D eigenvalue weighted by Gasteiger charge is -2.15. The first kappa shape index (κ1) is 21.3. The first-order valence-electron chi connectivity index (χ1n) is 11.1. The van der Waals surface area contributed by atoms with Crippen LogP contribution in [0.15, 0.2) is 42.7 Å². The van der Waals surface area contributed by atoms with Crippen molar-refractivity contribution < 1.29 is 9.53 Å². The van der Waals surface area contributed by atoms with Crippen LogP contribution in [0.25, 0.3) is 22.3 Å². The number of carbonyl (C=O) groups excluding carboxylic acids is 1. The number of anilines is 1. The number of H-pyrrole nitrogens is 1. The van der Waals surface area contributed by atoms with Gasteiger partial charge in [0.2, 0.25) is 5.91 Å². The number of hydrogen-bond acceptors (Lipinski definition) is 5. The number of aromatic amines is 1. The lowest BCUT2D eigenvalue weighted by molar-refractivity contribution is -0.119. The van der Waals surface area contributed by atoms with Crippen LogP contribution in [-0.2, 0) is 22.4 Å². The van der Waals surface area contributed by atoms with E-state index in [-0.39, 0.29) is 24.0 Å². The first-order chi connectivity index (χ1) is 15.8. The van der Waals surface area contributed by atoms with Crippen molar-refractivity contribution >= 4 is 22.6 Å². The zero-order valence-electron chi connectivity index (χ0n) is 19.3. The molecule has 0 saturated carbocycles. The minimum Gasteiger partial charge on any atom is -0.375 e. The van der Waals surface area contributed by atoms with E-state index in [1.807, 2.05) is 41.3 Å². The largest absolute Gasteiger partial charge is 0.375 e. The Balaban J connectivity index is 1.38. The predicted molar refractivity (Wildman–Crippen MR) is 127 cm³/mol. The molecule has 8 nitrogen and oxygen atoms in total. The molecule has 0 aliphatic heterocycles. The molecule has 1 aliphatic rings. The molecular weight excluding hydrogens is 416 g/mol. The SMILES string of the molecule is COCC(=O)Nc1ccc(C(C)n2cc3cc(-c4n[nH]c5c4CC(C)(C)C5)cnc3n2)cc1. The van der Waals surface area contributed by atoms with Gasteiger partial charge in [0.25, 0.3) is 0 Å². The molecule has 3 heterocycles. The number of benzene rings is 1. The van der Waals surface area contributed by atoms with Crippen molar-refractivity contribution in [2.45, 2.75) is 39.7 Å². The van der Waals surface area contributed by atoms with Gasteiger partial charge in [0.1, 0.15) is 6.61 Å². The second-order valence-corrected chi connectivity index (χ2v) is 9.57. The molecule has 0 saturated heterocycles. The van der Waals surface area contributed by atoms with Crippen LogP contribution in [0, 0.1) is 5.41 Å². The van der Waals surface area contributed by atoms with Gasteiger partial charge in [-0.1, -0.05) is 26.0 Å². The van der Waals surface area contributed by atoms with Gasteiger partial charge in [-0.25, -0.2) is 4.98 Å². The molecule has 2 N–H and O–H groups in total. The van der Waals surface area contributed by atoms with Gasteiger partial charge in [0.15, 0.2) is 5.65 Å². The van der Waals surface area contributed by atoms with Crippen LogP contribution in [0.5, 0.6) is 0 Å². The number of carbonyl (C=O) groups is 1. The summed E-state index contributed by atoms with van der Waals surface area (Å²) in [4.78, 5) is 16.3. The van der Waals surface area contributed by atoms with E-state index in [1.54, 1.807) is 0 Å². The number of methoxy groups -OCH3 is 1. The molecular formula is C25H28N6O2. The molecule has 3 aromatic heterocycles. The number of aromatic nitrogens is 5. The van der Waals surface area contributed by atoms with Gasteiger partial charge in [-0.3, -0.25) is 14.6 Å². The topological polar surface area (TPSA) is 97.7 Å². The Kier molecular flexibility index (Phi) is 5.25. The molecule has 33 heavy (non-hydrogen) atoms. The Morgan fingerprint density at radius 1 is 1.27 bits per heavy atom. The molecule has 0 fully saturated rings. The van der Waals surface area contributed by atoms with Crippen molar-refractivity contribution in [1.29, 1.82) is 0 Å². The van der Waals surface area contributed by atoms with Gasteiger partial charge in [-0.2, -0.15) is 10.2 Å². The van der Waals surface area contributed by atoms with E-state index >= 15 is 0 Å². The normalized spacial score (nSPS) is 15.5. The number of nitrogens with zero attached hydrogens (tertiary/aromatic N) is 4. The minimum atomic E-state index is -0.176. The fraction of sp³-hybridized carbons (Fsp3) is 0.360. The summed E-state index contributed by atoms with van der Waals surface area (Å²) in [6.45, 7) is 6.70. The summed E-state index contributed by atoms with van der Waals surface area (Å²) in [6.07, 6.45) is 5.94. The van der Waals surface area contributed by atoms with E-state index in [2.05, 4.69) is 47.3 Å². The van der Waals surface area contributed by atoms with Crippen LogP contribution in [-0.4, -0.2) is 44.6 Å².